The van der Waals surface area contributed by atoms with Gasteiger partial charge in [-0.05, 0) is 42.8 Å². The van der Waals surface area contributed by atoms with E-state index < -0.39 is 15.9 Å². The van der Waals surface area contributed by atoms with E-state index in [1.807, 2.05) is 0 Å². The van der Waals surface area contributed by atoms with Gasteiger partial charge in [-0.1, -0.05) is 28.1 Å². The lowest BCUT2D eigenvalue weighted by Crippen LogP contribution is -2.19. The number of halogens is 1. The highest BCUT2D eigenvalue weighted by molar-refractivity contribution is 9.10. The molecule has 2 rings (SSSR count). The Morgan fingerprint density at radius 3 is 2.33 bits per heavy atom. The number of hydrogen-bond acceptors (Lipinski definition) is 3. The van der Waals surface area contributed by atoms with E-state index in [4.69, 9.17) is 5.73 Å². The minimum absolute atomic E-state index is 0.101. The standard InChI is InChI=1S/C14H13BrN2O3S/c1-9-3-2-4-12(14(16)18)13(9)17-21(19,20)11-7-5-10(15)6-8-11/h2-8,17H,1H3,(H2,16,18). The van der Waals surface area contributed by atoms with Crippen LogP contribution in [0.5, 0.6) is 0 Å². The number of carbonyl (C=O) groups is 1. The second-order valence-electron chi connectivity index (χ2n) is 4.42. The monoisotopic (exact) mass is 368 g/mol. The molecule has 0 saturated heterocycles. The predicted molar refractivity (Wildman–Crippen MR) is 84.6 cm³/mol. The Hall–Kier alpha value is -1.86. The molecule has 0 atom stereocenters. The van der Waals surface area contributed by atoms with Gasteiger partial charge in [-0.2, -0.15) is 0 Å². The summed E-state index contributed by atoms with van der Waals surface area (Å²) in [5.41, 5.74) is 6.24. The fourth-order valence-electron chi connectivity index (χ4n) is 1.82. The second-order valence-corrected chi connectivity index (χ2v) is 7.02. The number of rotatable bonds is 4. The molecule has 0 fully saturated rings. The van der Waals surface area contributed by atoms with Crippen LogP contribution in [0.1, 0.15) is 15.9 Å². The third-order valence-corrected chi connectivity index (χ3v) is 4.79. The largest absolute Gasteiger partial charge is 0.366 e. The number of para-hydroxylation sites is 1. The Morgan fingerprint density at radius 1 is 1.14 bits per heavy atom. The first-order valence-corrected chi connectivity index (χ1v) is 8.26. The number of nitrogens with two attached hydrogens (primary N) is 1. The van der Waals surface area contributed by atoms with E-state index in [2.05, 4.69) is 20.7 Å². The molecule has 0 aliphatic heterocycles. The number of hydrogen-bond donors (Lipinski definition) is 2. The molecule has 110 valence electrons. The van der Waals surface area contributed by atoms with Crippen molar-refractivity contribution >= 4 is 37.5 Å². The van der Waals surface area contributed by atoms with E-state index in [1.165, 1.54) is 18.2 Å². The number of primary amides is 1. The molecule has 2 aromatic rings. The van der Waals surface area contributed by atoms with Gasteiger partial charge in [-0.3, -0.25) is 9.52 Å². The lowest BCUT2D eigenvalue weighted by Gasteiger charge is -2.13. The number of benzene rings is 2. The summed E-state index contributed by atoms with van der Waals surface area (Å²) in [6.07, 6.45) is 0. The van der Waals surface area contributed by atoms with Gasteiger partial charge >= 0.3 is 0 Å². The zero-order valence-corrected chi connectivity index (χ0v) is 13.5. The molecule has 0 spiro atoms. The van der Waals surface area contributed by atoms with Gasteiger partial charge < -0.3 is 5.73 Å². The molecule has 3 N–H and O–H groups in total. The van der Waals surface area contributed by atoms with Crippen LogP contribution in [0.4, 0.5) is 5.69 Å². The fraction of sp³-hybridized carbons (Fsp3) is 0.0714. The van der Waals surface area contributed by atoms with Crippen molar-refractivity contribution in [2.24, 2.45) is 5.73 Å². The molecule has 0 aromatic heterocycles. The van der Waals surface area contributed by atoms with Crippen LogP contribution in [-0.2, 0) is 10.0 Å². The number of carbonyl (C=O) groups excluding carboxylic acids is 1. The van der Waals surface area contributed by atoms with Crippen LogP contribution >= 0.6 is 15.9 Å². The SMILES string of the molecule is Cc1cccc(C(N)=O)c1NS(=O)(=O)c1ccc(Br)cc1. The molecule has 0 saturated carbocycles. The highest BCUT2D eigenvalue weighted by Gasteiger charge is 2.19. The molecule has 0 bridgehead atoms. The van der Waals surface area contributed by atoms with E-state index in [9.17, 15) is 13.2 Å². The maximum atomic E-state index is 12.4. The van der Waals surface area contributed by atoms with Gasteiger partial charge in [0.2, 0.25) is 0 Å². The Bertz CT molecular complexity index is 786. The summed E-state index contributed by atoms with van der Waals surface area (Å²) in [5, 5.41) is 0. The summed E-state index contributed by atoms with van der Waals surface area (Å²) >= 11 is 3.24. The summed E-state index contributed by atoms with van der Waals surface area (Å²) in [6.45, 7) is 1.70. The van der Waals surface area contributed by atoms with Crippen molar-refractivity contribution in [1.29, 1.82) is 0 Å². The van der Waals surface area contributed by atoms with Gasteiger partial charge in [0.1, 0.15) is 0 Å². The Kier molecular flexibility index (Phi) is 4.34. The molecular weight excluding hydrogens is 356 g/mol. The van der Waals surface area contributed by atoms with Crippen molar-refractivity contribution < 1.29 is 13.2 Å². The molecule has 0 unspecified atom stereocenters. The van der Waals surface area contributed by atoms with Crippen molar-refractivity contribution in [3.05, 3.63) is 58.1 Å². The summed E-state index contributed by atoms with van der Waals surface area (Å²) in [7, 11) is -3.79. The smallest absolute Gasteiger partial charge is 0.261 e. The first kappa shape index (κ1) is 15.5. The van der Waals surface area contributed by atoms with Gasteiger partial charge in [-0.25, -0.2) is 8.42 Å². The normalized spacial score (nSPS) is 11.1. The fourth-order valence-corrected chi connectivity index (χ4v) is 3.23. The van der Waals surface area contributed by atoms with Gasteiger partial charge in [0.25, 0.3) is 15.9 Å². The minimum atomic E-state index is -3.79. The molecule has 21 heavy (non-hydrogen) atoms. The van der Waals surface area contributed by atoms with E-state index in [-0.39, 0.29) is 16.1 Å². The number of nitrogens with one attached hydrogen (secondary N) is 1. The second kappa shape index (κ2) is 5.87. The average molecular weight is 369 g/mol. The van der Waals surface area contributed by atoms with Crippen LogP contribution in [0.2, 0.25) is 0 Å². The first-order chi connectivity index (χ1) is 9.81. The number of amides is 1. The van der Waals surface area contributed by atoms with Crippen LogP contribution in [0.25, 0.3) is 0 Å². The van der Waals surface area contributed by atoms with E-state index in [0.717, 1.165) is 4.47 Å². The topological polar surface area (TPSA) is 89.3 Å². The number of sulfonamides is 1. The van der Waals surface area contributed by atoms with Crippen LogP contribution in [-0.4, -0.2) is 14.3 Å². The molecule has 0 aliphatic rings. The summed E-state index contributed by atoms with van der Waals surface area (Å²) in [4.78, 5) is 11.5. The number of anilines is 1. The Labute approximate surface area is 131 Å². The minimum Gasteiger partial charge on any atom is -0.366 e. The van der Waals surface area contributed by atoms with Gasteiger partial charge in [0.05, 0.1) is 16.1 Å². The van der Waals surface area contributed by atoms with Crippen LogP contribution in [0.3, 0.4) is 0 Å². The molecule has 2 aromatic carbocycles. The van der Waals surface area contributed by atoms with E-state index in [1.54, 1.807) is 31.2 Å². The zero-order chi connectivity index (χ0) is 15.6. The van der Waals surface area contributed by atoms with Crippen molar-refractivity contribution in [2.75, 3.05) is 4.72 Å². The lowest BCUT2D eigenvalue weighted by atomic mass is 10.1. The Morgan fingerprint density at radius 2 is 1.76 bits per heavy atom. The molecule has 0 heterocycles. The maximum absolute atomic E-state index is 12.4. The van der Waals surface area contributed by atoms with Gasteiger partial charge in [0, 0.05) is 4.47 Å². The van der Waals surface area contributed by atoms with Crippen molar-refractivity contribution in [2.45, 2.75) is 11.8 Å². The van der Waals surface area contributed by atoms with E-state index >= 15 is 0 Å². The van der Waals surface area contributed by atoms with Crippen molar-refractivity contribution in [3.63, 3.8) is 0 Å². The third-order valence-electron chi connectivity index (χ3n) is 2.90. The average Bonchev–Trinajstić information content (AvgIpc) is 2.41. The third kappa shape index (κ3) is 3.43. The Balaban J connectivity index is 2.46. The van der Waals surface area contributed by atoms with Gasteiger partial charge in [0.15, 0.2) is 0 Å². The highest BCUT2D eigenvalue weighted by atomic mass is 79.9. The van der Waals surface area contributed by atoms with Crippen molar-refractivity contribution in [1.82, 2.24) is 0 Å². The summed E-state index contributed by atoms with van der Waals surface area (Å²) < 4.78 is 27.9. The van der Waals surface area contributed by atoms with Crippen LogP contribution in [0, 0.1) is 6.92 Å². The maximum Gasteiger partial charge on any atom is 0.261 e. The molecule has 1 amide bonds. The van der Waals surface area contributed by atoms with Crippen LogP contribution < -0.4 is 10.5 Å². The predicted octanol–water partition coefficient (Wildman–Crippen LogP) is 2.66. The molecule has 5 nitrogen and oxygen atoms in total. The lowest BCUT2D eigenvalue weighted by molar-refractivity contribution is 0.100. The molecule has 0 radical (unpaired) electrons. The van der Waals surface area contributed by atoms with Gasteiger partial charge in [-0.15, -0.1) is 0 Å². The molecule has 7 heteroatoms. The van der Waals surface area contributed by atoms with E-state index in [0.29, 0.717) is 5.56 Å². The highest BCUT2D eigenvalue weighted by Crippen LogP contribution is 2.24. The molecular formula is C14H13BrN2O3S. The van der Waals surface area contributed by atoms with Crippen LogP contribution in [0.15, 0.2) is 51.8 Å². The zero-order valence-electron chi connectivity index (χ0n) is 11.1. The van der Waals surface area contributed by atoms with Crippen molar-refractivity contribution in [3.8, 4) is 0 Å². The first-order valence-electron chi connectivity index (χ1n) is 5.99. The number of aryl methyl sites for hydroxylation is 1. The molecule has 0 aliphatic carbocycles. The summed E-state index contributed by atoms with van der Waals surface area (Å²) in [6, 6.07) is 11.0. The summed E-state index contributed by atoms with van der Waals surface area (Å²) in [5.74, 6) is -0.688. The quantitative estimate of drug-likeness (QED) is 0.868.